The average molecular weight is 572 g/mol. The second-order valence-electron chi connectivity index (χ2n) is 10.8. The monoisotopic (exact) mass is 571 g/mol. The van der Waals surface area contributed by atoms with Crippen LogP contribution in [-0.4, -0.2) is 51.7 Å². The molecule has 6 aromatic rings. The molecule has 0 saturated heterocycles. The number of thiophene rings is 1. The number of carbonyl (C=O) groups excluding carboxylic acids is 2. The zero-order valence-electron chi connectivity index (χ0n) is 23.4. The molecule has 1 aliphatic rings. The summed E-state index contributed by atoms with van der Waals surface area (Å²) in [6.07, 6.45) is 2.88. The minimum absolute atomic E-state index is 0.317. The van der Waals surface area contributed by atoms with Crippen molar-refractivity contribution in [2.24, 2.45) is 0 Å². The Morgan fingerprint density at radius 1 is 0.833 bits per heavy atom. The van der Waals surface area contributed by atoms with E-state index in [1.54, 1.807) is 11.3 Å². The van der Waals surface area contributed by atoms with Crippen LogP contribution in [0.3, 0.4) is 0 Å². The molecule has 42 heavy (non-hydrogen) atoms. The van der Waals surface area contributed by atoms with Crippen molar-refractivity contribution in [3.8, 4) is 16.8 Å². The van der Waals surface area contributed by atoms with Crippen molar-refractivity contribution in [2.75, 3.05) is 20.6 Å². The molecule has 2 amide bonds. The van der Waals surface area contributed by atoms with Crippen molar-refractivity contribution >= 4 is 56.1 Å². The minimum Gasteiger partial charge on any atom is -0.316 e. The number of para-hydroxylation sites is 2. The summed E-state index contributed by atoms with van der Waals surface area (Å²) in [5.74, 6) is -0.828. The zero-order valence-corrected chi connectivity index (χ0v) is 24.2. The lowest BCUT2D eigenvalue weighted by molar-refractivity contribution is -0.122. The highest BCUT2D eigenvalue weighted by Gasteiger charge is 2.36. The van der Waals surface area contributed by atoms with E-state index in [4.69, 9.17) is 5.10 Å². The quantitative estimate of drug-likeness (QED) is 0.220. The van der Waals surface area contributed by atoms with Crippen LogP contribution >= 0.6 is 11.3 Å². The number of benzene rings is 3. The maximum Gasteiger partial charge on any atom is 0.261 e. The summed E-state index contributed by atoms with van der Waals surface area (Å²) < 4.78 is 4.05. The maximum atomic E-state index is 13.5. The van der Waals surface area contributed by atoms with Gasteiger partial charge >= 0.3 is 0 Å². The summed E-state index contributed by atoms with van der Waals surface area (Å²) in [6, 6.07) is 26.4. The van der Waals surface area contributed by atoms with E-state index in [0.29, 0.717) is 28.9 Å². The first-order valence-electron chi connectivity index (χ1n) is 13.9. The van der Waals surface area contributed by atoms with Gasteiger partial charge in [0.05, 0.1) is 22.2 Å². The number of aryl methyl sites for hydroxylation is 1. The van der Waals surface area contributed by atoms with Gasteiger partial charge in [-0.05, 0) is 79.3 Å². The molecular weight excluding hydrogens is 542 g/mol. The SMILES string of the molecule is CN(C)CCCn1nc(C2=C(c3cn(-c4cccc(-c5ccsc5)c4)c4ccccc34)C(=O)NC2=O)c2ccccc21. The molecule has 7 rings (SSSR count). The summed E-state index contributed by atoms with van der Waals surface area (Å²) in [7, 11) is 4.10. The molecule has 0 radical (unpaired) electrons. The Balaban J connectivity index is 1.42. The molecule has 3 aromatic heterocycles. The molecule has 0 spiro atoms. The summed E-state index contributed by atoms with van der Waals surface area (Å²) in [6.45, 7) is 1.63. The van der Waals surface area contributed by atoms with Gasteiger partial charge in [0.2, 0.25) is 0 Å². The number of amides is 2. The lowest BCUT2D eigenvalue weighted by Crippen LogP contribution is -2.22. The van der Waals surface area contributed by atoms with Gasteiger partial charge in [-0.25, -0.2) is 0 Å². The highest BCUT2D eigenvalue weighted by atomic mass is 32.1. The fraction of sp³-hybridized carbons (Fsp3) is 0.147. The lowest BCUT2D eigenvalue weighted by atomic mass is 9.97. The van der Waals surface area contributed by atoms with E-state index in [9.17, 15) is 9.59 Å². The van der Waals surface area contributed by atoms with Gasteiger partial charge in [0.1, 0.15) is 5.69 Å². The van der Waals surface area contributed by atoms with E-state index in [0.717, 1.165) is 51.6 Å². The van der Waals surface area contributed by atoms with Crippen LogP contribution in [0.15, 0.2) is 95.8 Å². The Morgan fingerprint density at radius 3 is 2.38 bits per heavy atom. The van der Waals surface area contributed by atoms with Gasteiger partial charge in [0, 0.05) is 34.8 Å². The summed E-state index contributed by atoms with van der Waals surface area (Å²) in [4.78, 5) is 29.1. The Hall–Kier alpha value is -4.79. The molecule has 0 atom stereocenters. The largest absolute Gasteiger partial charge is 0.316 e. The molecule has 208 valence electrons. The van der Waals surface area contributed by atoms with E-state index in [1.165, 1.54) is 0 Å². The summed E-state index contributed by atoms with van der Waals surface area (Å²) >= 11 is 1.67. The average Bonchev–Trinajstić information content (AvgIpc) is 3.78. The van der Waals surface area contributed by atoms with Crippen LogP contribution in [0.5, 0.6) is 0 Å². The lowest BCUT2D eigenvalue weighted by Gasteiger charge is -2.09. The van der Waals surface area contributed by atoms with Crippen molar-refractivity contribution < 1.29 is 9.59 Å². The van der Waals surface area contributed by atoms with Crippen LogP contribution < -0.4 is 5.32 Å². The maximum absolute atomic E-state index is 13.5. The standard InChI is InChI=1S/C34H29N5O2S/c1-37(2)16-8-17-39-29-14-6-4-12-26(29)32(36-39)31-30(33(40)35-34(31)41)27-20-38(28-13-5-3-11-25(27)28)24-10-7-9-22(19-24)23-15-18-42-21-23/h3-7,9-15,18-21H,8,16-17H2,1-2H3,(H,35,40,41). The third-order valence-electron chi connectivity index (χ3n) is 7.76. The second kappa shape index (κ2) is 10.6. The smallest absolute Gasteiger partial charge is 0.261 e. The first kappa shape index (κ1) is 26.1. The third-order valence-corrected chi connectivity index (χ3v) is 8.44. The van der Waals surface area contributed by atoms with Gasteiger partial charge in [-0.2, -0.15) is 16.4 Å². The van der Waals surface area contributed by atoms with Crippen LogP contribution in [-0.2, 0) is 16.1 Å². The van der Waals surface area contributed by atoms with Crippen LogP contribution in [0.25, 0.3) is 49.8 Å². The van der Waals surface area contributed by atoms with Crippen molar-refractivity contribution in [1.82, 2.24) is 24.6 Å². The van der Waals surface area contributed by atoms with E-state index in [1.807, 2.05) is 79.6 Å². The molecule has 3 aromatic carbocycles. The Labute approximate surface area is 247 Å². The zero-order chi connectivity index (χ0) is 28.8. The topological polar surface area (TPSA) is 72.2 Å². The van der Waals surface area contributed by atoms with Crippen molar-refractivity contribution in [3.05, 3.63) is 107 Å². The van der Waals surface area contributed by atoms with Gasteiger partial charge in [0.15, 0.2) is 0 Å². The van der Waals surface area contributed by atoms with E-state index >= 15 is 0 Å². The number of carbonyl (C=O) groups is 2. The summed E-state index contributed by atoms with van der Waals surface area (Å²) in [5.41, 5.74) is 7.06. The number of hydrogen-bond acceptors (Lipinski definition) is 5. The molecule has 4 heterocycles. The molecule has 0 saturated carbocycles. The van der Waals surface area contributed by atoms with Gasteiger partial charge in [-0.3, -0.25) is 19.6 Å². The van der Waals surface area contributed by atoms with E-state index in [-0.39, 0.29) is 0 Å². The highest BCUT2D eigenvalue weighted by Crippen LogP contribution is 2.39. The van der Waals surface area contributed by atoms with Crippen LogP contribution in [0.4, 0.5) is 0 Å². The number of aromatic nitrogens is 3. The molecule has 0 bridgehead atoms. The van der Waals surface area contributed by atoms with Crippen molar-refractivity contribution in [3.63, 3.8) is 0 Å². The normalized spacial score (nSPS) is 13.7. The fourth-order valence-electron chi connectivity index (χ4n) is 5.81. The van der Waals surface area contributed by atoms with Crippen LogP contribution in [0, 0.1) is 0 Å². The molecule has 1 N–H and O–H groups in total. The molecule has 0 aliphatic carbocycles. The number of imide groups is 1. The van der Waals surface area contributed by atoms with Gasteiger partial charge in [-0.15, -0.1) is 0 Å². The summed E-state index contributed by atoms with van der Waals surface area (Å²) in [5, 5.41) is 13.5. The fourth-order valence-corrected chi connectivity index (χ4v) is 6.48. The molecule has 8 heteroatoms. The number of rotatable bonds is 8. The predicted molar refractivity (Wildman–Crippen MR) is 169 cm³/mol. The van der Waals surface area contributed by atoms with Crippen molar-refractivity contribution in [1.29, 1.82) is 0 Å². The molecular formula is C34H29N5O2S. The molecule has 0 unspecified atom stereocenters. The van der Waals surface area contributed by atoms with Crippen LogP contribution in [0.2, 0.25) is 0 Å². The Kier molecular flexibility index (Phi) is 6.57. The van der Waals surface area contributed by atoms with Gasteiger partial charge < -0.3 is 9.47 Å². The Bertz CT molecular complexity index is 2010. The Morgan fingerprint density at radius 2 is 1.60 bits per heavy atom. The molecule has 7 nitrogen and oxygen atoms in total. The highest BCUT2D eigenvalue weighted by molar-refractivity contribution is 7.08. The number of fused-ring (bicyclic) bond motifs is 2. The van der Waals surface area contributed by atoms with Crippen molar-refractivity contribution in [2.45, 2.75) is 13.0 Å². The predicted octanol–water partition coefficient (Wildman–Crippen LogP) is 6.23. The van der Waals surface area contributed by atoms with E-state index in [2.05, 4.69) is 49.8 Å². The first-order valence-corrected chi connectivity index (χ1v) is 14.9. The first-order chi connectivity index (χ1) is 20.5. The number of nitrogens with one attached hydrogen (secondary N) is 1. The van der Waals surface area contributed by atoms with Gasteiger partial charge in [0.25, 0.3) is 11.8 Å². The number of nitrogens with zero attached hydrogens (tertiary/aromatic N) is 4. The third kappa shape index (κ3) is 4.45. The second-order valence-corrected chi connectivity index (χ2v) is 11.6. The molecule has 1 aliphatic heterocycles. The van der Waals surface area contributed by atoms with E-state index < -0.39 is 11.8 Å². The molecule has 0 fully saturated rings. The van der Waals surface area contributed by atoms with Crippen LogP contribution in [0.1, 0.15) is 17.7 Å². The minimum atomic E-state index is -0.421. The number of hydrogen-bond donors (Lipinski definition) is 1. The van der Waals surface area contributed by atoms with Gasteiger partial charge in [-0.1, -0.05) is 48.5 Å².